The van der Waals surface area contributed by atoms with Gasteiger partial charge in [0.15, 0.2) is 0 Å². The maximum Gasteiger partial charge on any atom is 0.238 e. The summed E-state index contributed by atoms with van der Waals surface area (Å²) in [5.74, 6) is 1.01. The lowest BCUT2D eigenvalue weighted by molar-refractivity contribution is 0.405. The molecule has 0 spiro atoms. The number of primary sulfonamides is 1. The van der Waals surface area contributed by atoms with Crippen LogP contribution in [0.15, 0.2) is 47.4 Å². The molecule has 0 unspecified atom stereocenters. The number of hydrogen-bond donors (Lipinski definition) is 3. The zero-order valence-electron chi connectivity index (χ0n) is 13.1. The molecule has 5 nitrogen and oxygen atoms in total. The molecule has 4 N–H and O–H groups in total. The first kappa shape index (κ1) is 15.5. The van der Waals surface area contributed by atoms with E-state index in [0.29, 0.717) is 11.8 Å². The summed E-state index contributed by atoms with van der Waals surface area (Å²) in [5, 5.41) is 18.4. The van der Waals surface area contributed by atoms with Crippen molar-refractivity contribution in [1.29, 1.82) is 0 Å². The second-order valence-corrected chi connectivity index (χ2v) is 8.27. The van der Waals surface area contributed by atoms with Crippen LogP contribution in [0.25, 0.3) is 0 Å². The SMILES string of the molecule is NS(=O)(=O)c1ccc2c(c1)[C@@H]1CCC[C@@H]1[C@H](c1ccc(O)cc1)N2. The Labute approximate surface area is 141 Å². The van der Waals surface area contributed by atoms with Gasteiger partial charge in [0.2, 0.25) is 10.0 Å². The minimum Gasteiger partial charge on any atom is -0.508 e. The fraction of sp³-hybridized carbons (Fsp3) is 0.333. The molecule has 1 aliphatic heterocycles. The molecule has 1 heterocycles. The third-order valence-electron chi connectivity index (χ3n) is 5.31. The Morgan fingerprint density at radius 3 is 2.54 bits per heavy atom. The molecular formula is C18H20N2O3S. The Morgan fingerprint density at radius 1 is 1.08 bits per heavy atom. The average molecular weight is 344 g/mol. The van der Waals surface area contributed by atoms with Crippen molar-refractivity contribution in [2.24, 2.45) is 11.1 Å². The Kier molecular flexibility index (Phi) is 3.54. The van der Waals surface area contributed by atoms with E-state index in [4.69, 9.17) is 5.14 Å². The van der Waals surface area contributed by atoms with Gasteiger partial charge >= 0.3 is 0 Å². The number of aromatic hydroxyl groups is 1. The van der Waals surface area contributed by atoms with Gasteiger partial charge in [-0.15, -0.1) is 0 Å². The van der Waals surface area contributed by atoms with E-state index in [2.05, 4.69) is 5.32 Å². The molecule has 24 heavy (non-hydrogen) atoms. The first-order valence-electron chi connectivity index (χ1n) is 8.16. The highest BCUT2D eigenvalue weighted by Gasteiger charge is 2.40. The van der Waals surface area contributed by atoms with Gasteiger partial charge in [-0.2, -0.15) is 0 Å². The van der Waals surface area contributed by atoms with E-state index >= 15 is 0 Å². The molecule has 0 saturated heterocycles. The van der Waals surface area contributed by atoms with Crippen LogP contribution in [0, 0.1) is 5.92 Å². The third kappa shape index (κ3) is 2.56. The van der Waals surface area contributed by atoms with Gasteiger partial charge in [-0.1, -0.05) is 18.6 Å². The standard InChI is InChI=1S/C18H20N2O3S/c19-24(22,23)13-8-9-17-16(10-13)14-2-1-3-15(14)18(20-17)11-4-6-12(21)7-5-11/h4-10,14-15,18,20-21H,1-3H2,(H2,19,22,23)/t14-,15+,18+/m1/s1. The van der Waals surface area contributed by atoms with Gasteiger partial charge in [0.25, 0.3) is 0 Å². The van der Waals surface area contributed by atoms with Crippen LogP contribution in [0.4, 0.5) is 5.69 Å². The predicted molar refractivity (Wildman–Crippen MR) is 92.4 cm³/mol. The van der Waals surface area contributed by atoms with Gasteiger partial charge in [0, 0.05) is 5.69 Å². The van der Waals surface area contributed by atoms with Crippen molar-refractivity contribution >= 4 is 15.7 Å². The molecule has 0 bridgehead atoms. The lowest BCUT2D eigenvalue weighted by atomic mass is 9.77. The first-order valence-corrected chi connectivity index (χ1v) is 9.70. The quantitative estimate of drug-likeness (QED) is 0.780. The summed E-state index contributed by atoms with van der Waals surface area (Å²) in [6.07, 6.45) is 3.29. The number of hydrogen-bond acceptors (Lipinski definition) is 4. The maximum absolute atomic E-state index is 11.7. The van der Waals surface area contributed by atoms with E-state index in [1.165, 1.54) is 0 Å². The summed E-state index contributed by atoms with van der Waals surface area (Å²) >= 11 is 0. The molecule has 1 fully saturated rings. The molecule has 2 aliphatic rings. The van der Waals surface area contributed by atoms with Crippen LogP contribution in [-0.2, 0) is 10.0 Å². The number of nitrogens with one attached hydrogen (secondary N) is 1. The second kappa shape index (κ2) is 5.50. The fourth-order valence-electron chi connectivity index (χ4n) is 4.22. The minimum atomic E-state index is -3.69. The van der Waals surface area contributed by atoms with Crippen molar-refractivity contribution in [2.75, 3.05) is 5.32 Å². The van der Waals surface area contributed by atoms with Gasteiger partial charge < -0.3 is 10.4 Å². The molecule has 0 aromatic heterocycles. The van der Waals surface area contributed by atoms with Gasteiger partial charge in [0.05, 0.1) is 10.9 Å². The number of rotatable bonds is 2. The maximum atomic E-state index is 11.7. The predicted octanol–water partition coefficient (Wildman–Crippen LogP) is 3.09. The number of phenolic OH excluding ortho intramolecular Hbond substituents is 1. The Morgan fingerprint density at radius 2 is 1.83 bits per heavy atom. The molecule has 126 valence electrons. The van der Waals surface area contributed by atoms with E-state index in [9.17, 15) is 13.5 Å². The van der Waals surface area contributed by atoms with Gasteiger partial charge in [-0.05, 0) is 66.1 Å². The van der Waals surface area contributed by atoms with Gasteiger partial charge in [0.1, 0.15) is 5.75 Å². The van der Waals surface area contributed by atoms with Crippen molar-refractivity contribution in [3.05, 3.63) is 53.6 Å². The van der Waals surface area contributed by atoms with Crippen LogP contribution in [0.3, 0.4) is 0 Å². The van der Waals surface area contributed by atoms with Crippen LogP contribution >= 0.6 is 0 Å². The largest absolute Gasteiger partial charge is 0.508 e. The van der Waals surface area contributed by atoms with Crippen molar-refractivity contribution in [3.8, 4) is 5.75 Å². The van der Waals surface area contributed by atoms with Crippen molar-refractivity contribution in [3.63, 3.8) is 0 Å². The normalized spacial score (nSPS) is 25.6. The summed E-state index contributed by atoms with van der Waals surface area (Å²) in [6, 6.07) is 12.6. The van der Waals surface area contributed by atoms with Gasteiger partial charge in [-0.25, -0.2) is 13.6 Å². The Balaban J connectivity index is 1.78. The zero-order valence-corrected chi connectivity index (χ0v) is 14.0. The smallest absolute Gasteiger partial charge is 0.238 e. The monoisotopic (exact) mass is 344 g/mol. The average Bonchev–Trinajstić information content (AvgIpc) is 3.03. The van der Waals surface area contributed by atoms with Crippen LogP contribution < -0.4 is 10.5 Å². The molecule has 1 aliphatic carbocycles. The Hall–Kier alpha value is -2.05. The Bertz CT molecular complexity index is 878. The molecule has 1 saturated carbocycles. The first-order chi connectivity index (χ1) is 11.4. The number of benzene rings is 2. The summed E-state index contributed by atoms with van der Waals surface area (Å²) in [5.41, 5.74) is 3.17. The number of nitrogens with two attached hydrogens (primary N) is 1. The van der Waals surface area contributed by atoms with Crippen molar-refractivity contribution in [2.45, 2.75) is 36.1 Å². The molecule has 0 radical (unpaired) electrons. The molecule has 3 atom stereocenters. The highest BCUT2D eigenvalue weighted by atomic mass is 32.2. The van der Waals surface area contributed by atoms with Crippen LogP contribution in [0.1, 0.15) is 42.3 Å². The highest BCUT2D eigenvalue weighted by Crippen LogP contribution is 2.53. The zero-order chi connectivity index (χ0) is 16.9. The van der Waals surface area contributed by atoms with E-state index in [1.54, 1.807) is 24.3 Å². The summed E-state index contributed by atoms with van der Waals surface area (Å²) < 4.78 is 23.3. The van der Waals surface area contributed by atoms with Crippen molar-refractivity contribution in [1.82, 2.24) is 0 Å². The van der Waals surface area contributed by atoms with E-state index in [-0.39, 0.29) is 16.7 Å². The van der Waals surface area contributed by atoms with Gasteiger partial charge in [-0.3, -0.25) is 0 Å². The van der Waals surface area contributed by atoms with E-state index in [1.807, 2.05) is 18.2 Å². The van der Waals surface area contributed by atoms with E-state index in [0.717, 1.165) is 36.1 Å². The summed E-state index contributed by atoms with van der Waals surface area (Å²) in [6.45, 7) is 0. The lowest BCUT2D eigenvalue weighted by Gasteiger charge is -2.37. The number of sulfonamides is 1. The van der Waals surface area contributed by atoms with E-state index < -0.39 is 10.0 Å². The molecule has 2 aromatic carbocycles. The molecule has 2 aromatic rings. The number of phenols is 1. The summed E-state index contributed by atoms with van der Waals surface area (Å²) in [7, 11) is -3.69. The topological polar surface area (TPSA) is 92.4 Å². The number of fused-ring (bicyclic) bond motifs is 3. The summed E-state index contributed by atoms with van der Waals surface area (Å²) in [4.78, 5) is 0.178. The molecule has 4 rings (SSSR count). The number of anilines is 1. The molecule has 6 heteroatoms. The fourth-order valence-corrected chi connectivity index (χ4v) is 4.77. The lowest BCUT2D eigenvalue weighted by Crippen LogP contribution is -2.29. The molecule has 0 amide bonds. The van der Waals surface area contributed by atoms with Crippen LogP contribution in [0.5, 0.6) is 5.75 Å². The van der Waals surface area contributed by atoms with Crippen molar-refractivity contribution < 1.29 is 13.5 Å². The third-order valence-corrected chi connectivity index (χ3v) is 6.22. The van der Waals surface area contributed by atoms with Crippen LogP contribution in [0.2, 0.25) is 0 Å². The second-order valence-electron chi connectivity index (χ2n) is 6.71. The highest BCUT2D eigenvalue weighted by molar-refractivity contribution is 7.89. The minimum absolute atomic E-state index is 0.172. The molecular weight excluding hydrogens is 324 g/mol. The van der Waals surface area contributed by atoms with Crippen LogP contribution in [-0.4, -0.2) is 13.5 Å².